The number of hydrogen-bond acceptors (Lipinski definition) is 1. The Kier molecular flexibility index (Phi) is 0.571. The Morgan fingerprint density at radius 1 is 1.29 bits per heavy atom. The highest BCUT2D eigenvalue weighted by molar-refractivity contribution is 4.99. The minimum Gasteiger partial charge on any atom is -0.327 e. The Hall–Kier alpha value is -0.0400. The second-order valence-corrected chi connectivity index (χ2v) is 2.90. The van der Waals surface area contributed by atoms with E-state index >= 15 is 0 Å². The second-order valence-electron chi connectivity index (χ2n) is 2.90. The van der Waals surface area contributed by atoms with Crippen LogP contribution in [0.25, 0.3) is 0 Å². The van der Waals surface area contributed by atoms with Crippen LogP contribution in [0.1, 0.15) is 19.3 Å². The third kappa shape index (κ3) is 0.418. The molecule has 7 heavy (non-hydrogen) atoms. The Bertz CT molecular complexity index is 90.2. The second kappa shape index (κ2) is 1.03. The van der Waals surface area contributed by atoms with E-state index in [1.165, 1.54) is 19.3 Å². The van der Waals surface area contributed by atoms with Crippen molar-refractivity contribution in [1.82, 2.24) is 0 Å². The van der Waals surface area contributed by atoms with Crippen LogP contribution in [0.4, 0.5) is 0 Å². The molecule has 0 aromatic carbocycles. The fourth-order valence-electron chi connectivity index (χ4n) is 1.75. The summed E-state index contributed by atoms with van der Waals surface area (Å²) in [4.78, 5) is 0. The number of hydrogen-bond donors (Lipinski definition) is 1. The first-order valence-corrected chi connectivity index (χ1v) is 3.13. The number of nitrogens with two attached hydrogens (primary N) is 1. The summed E-state index contributed by atoms with van der Waals surface area (Å²) < 4.78 is 0. The third-order valence-electron chi connectivity index (χ3n) is 2.40. The van der Waals surface area contributed by atoms with Crippen LogP contribution < -0.4 is 5.73 Å². The third-order valence-corrected chi connectivity index (χ3v) is 2.40. The summed E-state index contributed by atoms with van der Waals surface area (Å²) in [5, 5.41) is 0. The van der Waals surface area contributed by atoms with Gasteiger partial charge in [-0.2, -0.15) is 0 Å². The predicted molar refractivity (Wildman–Crippen MR) is 28.8 cm³/mol. The summed E-state index contributed by atoms with van der Waals surface area (Å²) >= 11 is 0. The average molecular weight is 97.2 g/mol. The van der Waals surface area contributed by atoms with Crippen molar-refractivity contribution in [2.45, 2.75) is 25.3 Å². The maximum absolute atomic E-state index is 5.72. The lowest BCUT2D eigenvalue weighted by molar-refractivity contribution is 0.614. The van der Waals surface area contributed by atoms with Gasteiger partial charge in [0.15, 0.2) is 0 Å². The molecule has 1 heteroatoms. The van der Waals surface area contributed by atoms with E-state index in [1.54, 1.807) is 0 Å². The smallest absolute Gasteiger partial charge is 0.00700 e. The fourth-order valence-corrected chi connectivity index (χ4v) is 1.75. The molecule has 2 saturated carbocycles. The van der Waals surface area contributed by atoms with Gasteiger partial charge in [0.05, 0.1) is 0 Å². The van der Waals surface area contributed by atoms with E-state index in [2.05, 4.69) is 0 Å². The standard InChI is InChI=1S/C6H11N/c7-6-2-1-4-3-5(4)6/h4-6H,1-3,7H2/t4?,5-,6?/m1/s1. The van der Waals surface area contributed by atoms with Crippen molar-refractivity contribution >= 4 is 0 Å². The van der Waals surface area contributed by atoms with Gasteiger partial charge in [-0.15, -0.1) is 0 Å². The predicted octanol–water partition coefficient (Wildman–Crippen LogP) is 0.744. The molecule has 3 atom stereocenters. The first kappa shape index (κ1) is 3.90. The van der Waals surface area contributed by atoms with Crippen LogP contribution in [0.5, 0.6) is 0 Å². The maximum Gasteiger partial charge on any atom is 0.00700 e. The molecule has 2 fully saturated rings. The summed E-state index contributed by atoms with van der Waals surface area (Å²) in [6, 6.07) is 0.588. The van der Waals surface area contributed by atoms with Gasteiger partial charge < -0.3 is 5.73 Å². The first-order valence-electron chi connectivity index (χ1n) is 3.13. The molecule has 2 aliphatic carbocycles. The van der Waals surface area contributed by atoms with Gasteiger partial charge in [-0.3, -0.25) is 0 Å². The van der Waals surface area contributed by atoms with Gasteiger partial charge in [-0.1, -0.05) is 0 Å². The molecule has 0 aliphatic heterocycles. The van der Waals surface area contributed by atoms with Crippen molar-refractivity contribution in [3.8, 4) is 0 Å². The molecule has 0 saturated heterocycles. The molecule has 2 aliphatic rings. The highest BCUT2D eigenvalue weighted by Crippen LogP contribution is 2.50. The quantitative estimate of drug-likeness (QED) is 0.474. The van der Waals surface area contributed by atoms with Crippen molar-refractivity contribution in [3.63, 3.8) is 0 Å². The topological polar surface area (TPSA) is 26.0 Å². The highest BCUT2D eigenvalue weighted by atomic mass is 14.7. The Morgan fingerprint density at radius 3 is 2.29 bits per heavy atom. The number of rotatable bonds is 0. The SMILES string of the molecule is NC1CCC2C[C@@H]12. The summed E-state index contributed by atoms with van der Waals surface area (Å²) in [6.07, 6.45) is 4.17. The van der Waals surface area contributed by atoms with Gasteiger partial charge in [0.25, 0.3) is 0 Å². The lowest BCUT2D eigenvalue weighted by Crippen LogP contribution is -2.18. The van der Waals surface area contributed by atoms with Crippen molar-refractivity contribution < 1.29 is 0 Å². The minimum absolute atomic E-state index is 0.588. The zero-order valence-corrected chi connectivity index (χ0v) is 4.43. The van der Waals surface area contributed by atoms with Crippen molar-refractivity contribution in [2.75, 3.05) is 0 Å². The molecule has 40 valence electrons. The van der Waals surface area contributed by atoms with Crippen LogP contribution in [-0.4, -0.2) is 6.04 Å². The Labute approximate surface area is 43.9 Å². The fraction of sp³-hybridized carbons (Fsp3) is 1.00. The minimum atomic E-state index is 0.588. The number of fused-ring (bicyclic) bond motifs is 1. The van der Waals surface area contributed by atoms with Crippen LogP contribution in [0.2, 0.25) is 0 Å². The van der Waals surface area contributed by atoms with Crippen LogP contribution >= 0.6 is 0 Å². The van der Waals surface area contributed by atoms with Gasteiger partial charge in [0, 0.05) is 6.04 Å². The molecule has 2 unspecified atom stereocenters. The average Bonchev–Trinajstić information content (AvgIpc) is 2.33. The molecule has 0 bridgehead atoms. The van der Waals surface area contributed by atoms with Gasteiger partial charge in [-0.05, 0) is 31.1 Å². The van der Waals surface area contributed by atoms with Gasteiger partial charge in [0.2, 0.25) is 0 Å². The van der Waals surface area contributed by atoms with Crippen LogP contribution in [-0.2, 0) is 0 Å². The van der Waals surface area contributed by atoms with Gasteiger partial charge in [0.1, 0.15) is 0 Å². The molecule has 0 amide bonds. The van der Waals surface area contributed by atoms with E-state index in [0.717, 1.165) is 11.8 Å². The molecule has 0 spiro atoms. The molecular weight excluding hydrogens is 86.1 g/mol. The van der Waals surface area contributed by atoms with Crippen molar-refractivity contribution in [1.29, 1.82) is 0 Å². The van der Waals surface area contributed by atoms with Crippen LogP contribution in [0.15, 0.2) is 0 Å². The first-order chi connectivity index (χ1) is 3.38. The van der Waals surface area contributed by atoms with Gasteiger partial charge in [-0.25, -0.2) is 0 Å². The molecule has 0 aromatic rings. The van der Waals surface area contributed by atoms with Crippen LogP contribution in [0, 0.1) is 11.8 Å². The molecule has 2 rings (SSSR count). The van der Waals surface area contributed by atoms with E-state index in [4.69, 9.17) is 5.73 Å². The molecule has 0 radical (unpaired) electrons. The summed E-state index contributed by atoms with van der Waals surface area (Å²) in [7, 11) is 0. The largest absolute Gasteiger partial charge is 0.327 e. The summed E-state index contributed by atoms with van der Waals surface area (Å²) in [5.74, 6) is 2.02. The normalized spacial score (nSPS) is 57.0. The van der Waals surface area contributed by atoms with E-state index in [1.807, 2.05) is 0 Å². The summed E-state index contributed by atoms with van der Waals surface area (Å²) in [5.41, 5.74) is 5.72. The highest BCUT2D eigenvalue weighted by Gasteiger charge is 2.45. The molecule has 1 nitrogen and oxygen atoms in total. The molecular formula is C6H11N. The van der Waals surface area contributed by atoms with E-state index < -0.39 is 0 Å². The van der Waals surface area contributed by atoms with Crippen molar-refractivity contribution in [3.05, 3.63) is 0 Å². The lowest BCUT2D eigenvalue weighted by Gasteiger charge is -1.99. The van der Waals surface area contributed by atoms with Crippen molar-refractivity contribution in [2.24, 2.45) is 17.6 Å². The molecule has 0 aromatic heterocycles. The maximum atomic E-state index is 5.72. The zero-order valence-electron chi connectivity index (χ0n) is 4.43. The van der Waals surface area contributed by atoms with E-state index in [-0.39, 0.29) is 0 Å². The molecule has 2 N–H and O–H groups in total. The lowest BCUT2D eigenvalue weighted by atomic mass is 10.2. The van der Waals surface area contributed by atoms with Crippen LogP contribution in [0.3, 0.4) is 0 Å². The zero-order chi connectivity index (χ0) is 4.85. The van der Waals surface area contributed by atoms with Gasteiger partial charge >= 0.3 is 0 Å². The van der Waals surface area contributed by atoms with E-state index in [9.17, 15) is 0 Å². The Balaban J connectivity index is 2.08. The monoisotopic (exact) mass is 97.1 g/mol. The Morgan fingerprint density at radius 2 is 2.14 bits per heavy atom. The molecule has 0 heterocycles. The summed E-state index contributed by atoms with van der Waals surface area (Å²) in [6.45, 7) is 0. The van der Waals surface area contributed by atoms with E-state index in [0.29, 0.717) is 6.04 Å².